The van der Waals surface area contributed by atoms with Crippen molar-refractivity contribution in [3.63, 3.8) is 0 Å². The summed E-state index contributed by atoms with van der Waals surface area (Å²) in [5.74, 6) is 0. The third-order valence-corrected chi connectivity index (χ3v) is 2.01. The minimum atomic E-state index is -4.26. The van der Waals surface area contributed by atoms with E-state index in [4.69, 9.17) is 5.73 Å². The second-order valence-corrected chi connectivity index (χ2v) is 3.62. The van der Waals surface area contributed by atoms with Gasteiger partial charge in [0.2, 0.25) is 0 Å². The Balaban J connectivity index is 2.74. The van der Waals surface area contributed by atoms with Gasteiger partial charge in [-0.25, -0.2) is 4.98 Å². The Morgan fingerprint density at radius 2 is 2.07 bits per heavy atom. The molecule has 0 aliphatic rings. The van der Waals surface area contributed by atoms with Crippen molar-refractivity contribution >= 4 is 15.9 Å². The highest BCUT2D eigenvalue weighted by Crippen LogP contribution is 2.27. The van der Waals surface area contributed by atoms with Gasteiger partial charge in [-0.15, -0.1) is 0 Å². The van der Waals surface area contributed by atoms with Crippen molar-refractivity contribution < 1.29 is 13.2 Å². The number of halogens is 4. The van der Waals surface area contributed by atoms with E-state index < -0.39 is 18.6 Å². The van der Waals surface area contributed by atoms with Crippen molar-refractivity contribution in [2.75, 3.05) is 0 Å². The predicted octanol–water partition coefficient (Wildman–Crippen LogP) is 2.80. The fourth-order valence-corrected chi connectivity index (χ4v) is 1.34. The summed E-state index contributed by atoms with van der Waals surface area (Å²) in [5, 5.41) is 0. The van der Waals surface area contributed by atoms with Crippen LogP contribution in [0.1, 0.15) is 18.2 Å². The molecule has 0 amide bonds. The second-order valence-electron chi connectivity index (χ2n) is 2.81. The number of nitrogens with zero attached hydrogens (tertiary/aromatic N) is 1. The number of hydrogen-bond acceptors (Lipinski definition) is 2. The maximum Gasteiger partial charge on any atom is 0.390 e. The zero-order valence-electron chi connectivity index (χ0n) is 7.05. The summed E-state index contributed by atoms with van der Waals surface area (Å²) >= 11 is 3.06. The summed E-state index contributed by atoms with van der Waals surface area (Å²) in [4.78, 5) is 3.85. The molecule has 0 spiro atoms. The normalized spacial score (nSPS) is 14.1. The lowest BCUT2D eigenvalue weighted by molar-refractivity contribution is -0.138. The van der Waals surface area contributed by atoms with Crippen molar-refractivity contribution in [2.45, 2.75) is 18.6 Å². The highest BCUT2D eigenvalue weighted by molar-refractivity contribution is 9.10. The molecule has 14 heavy (non-hydrogen) atoms. The lowest BCUT2D eigenvalue weighted by atomic mass is 10.1. The highest BCUT2D eigenvalue weighted by atomic mass is 79.9. The van der Waals surface area contributed by atoms with Crippen LogP contribution in [-0.4, -0.2) is 11.2 Å². The van der Waals surface area contributed by atoms with Crippen LogP contribution in [0.5, 0.6) is 0 Å². The van der Waals surface area contributed by atoms with E-state index in [9.17, 15) is 13.2 Å². The molecule has 0 radical (unpaired) electrons. The Labute approximate surface area is 87.4 Å². The van der Waals surface area contributed by atoms with Gasteiger partial charge in [-0.3, -0.25) is 0 Å². The molecule has 0 saturated carbocycles. The third-order valence-electron chi connectivity index (χ3n) is 1.57. The number of aromatic nitrogens is 1. The Bertz CT molecular complexity index is 314. The molecule has 1 aromatic heterocycles. The Kier molecular flexibility index (Phi) is 3.49. The first-order valence-corrected chi connectivity index (χ1v) is 4.62. The minimum Gasteiger partial charge on any atom is -0.322 e. The van der Waals surface area contributed by atoms with Gasteiger partial charge < -0.3 is 5.73 Å². The Hall–Kier alpha value is -0.620. The zero-order valence-corrected chi connectivity index (χ0v) is 8.64. The molecule has 0 saturated heterocycles. The largest absolute Gasteiger partial charge is 0.390 e. The van der Waals surface area contributed by atoms with Gasteiger partial charge in [0.25, 0.3) is 0 Å². The molecule has 1 atom stereocenters. The maximum absolute atomic E-state index is 12.0. The van der Waals surface area contributed by atoms with E-state index in [0.29, 0.717) is 4.60 Å². The van der Waals surface area contributed by atoms with Crippen molar-refractivity contribution in [3.8, 4) is 0 Å². The van der Waals surface area contributed by atoms with E-state index in [2.05, 4.69) is 20.9 Å². The molecule has 0 aromatic carbocycles. The highest BCUT2D eigenvalue weighted by Gasteiger charge is 2.31. The average molecular weight is 269 g/mol. The fraction of sp³-hybridized carbons (Fsp3) is 0.375. The summed E-state index contributed by atoms with van der Waals surface area (Å²) in [6.45, 7) is 0. The molecule has 1 rings (SSSR count). The van der Waals surface area contributed by atoms with E-state index in [1.165, 1.54) is 6.07 Å². The van der Waals surface area contributed by atoms with E-state index >= 15 is 0 Å². The lowest BCUT2D eigenvalue weighted by Gasteiger charge is -2.13. The summed E-state index contributed by atoms with van der Waals surface area (Å²) < 4.78 is 36.4. The molecule has 2 N–H and O–H groups in total. The number of hydrogen-bond donors (Lipinski definition) is 1. The van der Waals surface area contributed by atoms with Crippen molar-refractivity contribution in [2.24, 2.45) is 5.73 Å². The van der Waals surface area contributed by atoms with Gasteiger partial charge in [0.05, 0.1) is 18.2 Å². The number of pyridine rings is 1. The van der Waals surface area contributed by atoms with Crippen LogP contribution >= 0.6 is 15.9 Å². The maximum atomic E-state index is 12.0. The second kappa shape index (κ2) is 4.27. The third kappa shape index (κ3) is 3.63. The van der Waals surface area contributed by atoms with Gasteiger partial charge in [-0.05, 0) is 28.1 Å². The quantitative estimate of drug-likeness (QED) is 0.838. The minimum absolute atomic E-state index is 0.233. The molecule has 0 aliphatic heterocycles. The number of nitrogens with two attached hydrogens (primary N) is 1. The van der Waals surface area contributed by atoms with Crippen LogP contribution in [0.4, 0.5) is 13.2 Å². The molecule has 6 heteroatoms. The molecule has 1 aromatic rings. The predicted molar refractivity (Wildman–Crippen MR) is 49.5 cm³/mol. The van der Waals surface area contributed by atoms with Crippen LogP contribution in [0.15, 0.2) is 22.8 Å². The first-order chi connectivity index (χ1) is 6.38. The van der Waals surface area contributed by atoms with Gasteiger partial charge >= 0.3 is 6.18 Å². The van der Waals surface area contributed by atoms with Gasteiger partial charge in [-0.2, -0.15) is 13.2 Å². The molecule has 2 nitrogen and oxygen atoms in total. The molecule has 0 unspecified atom stereocenters. The topological polar surface area (TPSA) is 38.9 Å². The van der Waals surface area contributed by atoms with Crippen molar-refractivity contribution in [3.05, 3.63) is 28.5 Å². The molecular weight excluding hydrogens is 261 g/mol. The van der Waals surface area contributed by atoms with Crippen LogP contribution in [-0.2, 0) is 0 Å². The molecule has 1 heterocycles. The zero-order chi connectivity index (χ0) is 10.8. The average Bonchev–Trinajstić information content (AvgIpc) is 2.01. The SMILES string of the molecule is N[C@H](CC(F)(F)F)c1cccc(Br)n1. The van der Waals surface area contributed by atoms with Crippen LogP contribution in [0.2, 0.25) is 0 Å². The van der Waals surface area contributed by atoms with Crippen LogP contribution < -0.4 is 5.73 Å². The summed E-state index contributed by atoms with van der Waals surface area (Å²) in [5.41, 5.74) is 5.58. The van der Waals surface area contributed by atoms with Gasteiger partial charge in [0, 0.05) is 0 Å². The Morgan fingerprint density at radius 1 is 1.43 bits per heavy atom. The van der Waals surface area contributed by atoms with Crippen molar-refractivity contribution in [1.29, 1.82) is 0 Å². The lowest BCUT2D eigenvalue weighted by Crippen LogP contribution is -2.21. The summed E-state index contributed by atoms with van der Waals surface area (Å²) in [6.07, 6.45) is -5.32. The van der Waals surface area contributed by atoms with E-state index in [1.54, 1.807) is 12.1 Å². The van der Waals surface area contributed by atoms with E-state index in [0.717, 1.165) is 0 Å². The molecule has 0 aliphatic carbocycles. The molecule has 0 fully saturated rings. The Morgan fingerprint density at radius 3 is 2.57 bits per heavy atom. The number of alkyl halides is 3. The fourth-order valence-electron chi connectivity index (χ4n) is 0.984. The number of rotatable bonds is 2. The first kappa shape index (κ1) is 11.5. The van der Waals surface area contributed by atoms with Crippen LogP contribution in [0, 0.1) is 0 Å². The van der Waals surface area contributed by atoms with E-state index in [1.807, 2.05) is 0 Å². The standard InChI is InChI=1S/C8H8BrF3N2/c9-7-3-1-2-6(14-7)5(13)4-8(10,11)12/h1-3,5H,4,13H2/t5-/m1/s1. The monoisotopic (exact) mass is 268 g/mol. The molecular formula is C8H8BrF3N2. The van der Waals surface area contributed by atoms with E-state index in [-0.39, 0.29) is 5.69 Å². The summed E-state index contributed by atoms with van der Waals surface area (Å²) in [7, 11) is 0. The van der Waals surface area contributed by atoms with Gasteiger partial charge in [0.15, 0.2) is 0 Å². The van der Waals surface area contributed by atoms with Crippen LogP contribution in [0.25, 0.3) is 0 Å². The molecule has 78 valence electrons. The first-order valence-electron chi connectivity index (χ1n) is 3.83. The van der Waals surface area contributed by atoms with Gasteiger partial charge in [0.1, 0.15) is 4.60 Å². The van der Waals surface area contributed by atoms with Gasteiger partial charge in [-0.1, -0.05) is 6.07 Å². The smallest absolute Gasteiger partial charge is 0.322 e. The van der Waals surface area contributed by atoms with Crippen LogP contribution in [0.3, 0.4) is 0 Å². The molecule has 0 bridgehead atoms. The van der Waals surface area contributed by atoms with Crippen molar-refractivity contribution in [1.82, 2.24) is 4.98 Å². The summed E-state index contributed by atoms with van der Waals surface area (Å²) in [6, 6.07) is 3.60.